The predicted octanol–water partition coefficient (Wildman–Crippen LogP) is 3.84. The number of aliphatic hydroxyl groups is 1. The van der Waals surface area contributed by atoms with Gasteiger partial charge in [-0.15, -0.1) is 0 Å². The summed E-state index contributed by atoms with van der Waals surface area (Å²) in [7, 11) is 1.67. The lowest BCUT2D eigenvalue weighted by atomic mass is 9.85. The topological polar surface area (TPSA) is 67.1 Å². The smallest absolute Gasteiger partial charge is 0.251 e. The second-order valence-electron chi connectivity index (χ2n) is 7.37. The molecule has 0 aliphatic heterocycles. The summed E-state index contributed by atoms with van der Waals surface area (Å²) in [5, 5.41) is 14.4. The Hall–Kier alpha value is -3.65. The third-order valence-electron chi connectivity index (χ3n) is 5.37. The van der Waals surface area contributed by atoms with Crippen molar-refractivity contribution in [1.29, 1.82) is 0 Å². The summed E-state index contributed by atoms with van der Waals surface area (Å²) in [6, 6.07) is 15.4. The summed E-state index contributed by atoms with van der Waals surface area (Å²) >= 11 is 0. The van der Waals surface area contributed by atoms with E-state index in [1.54, 1.807) is 29.8 Å². The van der Waals surface area contributed by atoms with Crippen LogP contribution < -0.4 is 5.32 Å². The molecule has 32 heavy (non-hydrogen) atoms. The third kappa shape index (κ3) is 3.73. The Morgan fingerprint density at radius 3 is 2.09 bits per heavy atom. The van der Waals surface area contributed by atoms with Crippen LogP contribution in [-0.4, -0.2) is 33.8 Å². The number of nitrogens with zero attached hydrogens (tertiary/aromatic N) is 2. The van der Waals surface area contributed by atoms with E-state index < -0.39 is 29.8 Å². The van der Waals surface area contributed by atoms with Crippen molar-refractivity contribution in [1.82, 2.24) is 14.9 Å². The normalized spacial score (nSPS) is 11.7. The van der Waals surface area contributed by atoms with Crippen molar-refractivity contribution in [2.75, 3.05) is 13.2 Å². The summed E-state index contributed by atoms with van der Waals surface area (Å²) in [6.07, 6.45) is 0. The van der Waals surface area contributed by atoms with Gasteiger partial charge in [0.2, 0.25) is 0 Å². The van der Waals surface area contributed by atoms with Gasteiger partial charge in [0.25, 0.3) is 5.91 Å². The molecule has 0 radical (unpaired) electrons. The molecule has 5 nitrogen and oxygen atoms in total. The zero-order valence-corrected chi connectivity index (χ0v) is 17.1. The van der Waals surface area contributed by atoms with Crippen LogP contribution in [-0.2, 0) is 12.6 Å². The van der Waals surface area contributed by atoms with Crippen LogP contribution in [0, 0.1) is 11.6 Å². The Kier molecular flexibility index (Phi) is 5.71. The quantitative estimate of drug-likeness (QED) is 0.480. The fraction of sp³-hybridized carbons (Fsp3) is 0.167. The van der Waals surface area contributed by atoms with Crippen molar-refractivity contribution in [2.45, 2.75) is 5.60 Å². The molecule has 3 aromatic carbocycles. The molecule has 0 fully saturated rings. The van der Waals surface area contributed by atoms with Gasteiger partial charge in [-0.1, -0.05) is 24.3 Å². The maximum absolute atomic E-state index is 13.6. The molecule has 8 heteroatoms. The van der Waals surface area contributed by atoms with Crippen LogP contribution in [0.15, 0.2) is 66.7 Å². The minimum Gasteiger partial charge on any atom is -0.373 e. The van der Waals surface area contributed by atoms with E-state index in [0.717, 1.165) is 0 Å². The summed E-state index contributed by atoms with van der Waals surface area (Å²) in [6.45, 7) is -0.769. The number of rotatable bonds is 6. The standard InChI is InChI=1S/C24H20F3N3O2/c1-30-21-14-15(22(31)28-13-12-25)2-11-20(21)29-23(30)24(32,16-3-7-18(26)8-4-16)17-5-9-19(27)10-6-17/h2-11,14,32H,12-13H2,1H3,(H,28,31). The summed E-state index contributed by atoms with van der Waals surface area (Å²) < 4.78 is 41.2. The van der Waals surface area contributed by atoms with E-state index in [1.807, 2.05) is 0 Å². The number of hydrogen-bond acceptors (Lipinski definition) is 3. The van der Waals surface area contributed by atoms with E-state index in [-0.39, 0.29) is 12.4 Å². The molecule has 0 aliphatic rings. The van der Waals surface area contributed by atoms with Gasteiger partial charge in [0.1, 0.15) is 18.3 Å². The average molecular weight is 439 g/mol. The molecule has 0 bridgehead atoms. The van der Waals surface area contributed by atoms with Gasteiger partial charge in [0, 0.05) is 19.2 Å². The van der Waals surface area contributed by atoms with Crippen molar-refractivity contribution < 1.29 is 23.1 Å². The molecule has 0 saturated carbocycles. The molecule has 1 aromatic heterocycles. The molecule has 1 amide bonds. The molecule has 0 atom stereocenters. The van der Waals surface area contributed by atoms with E-state index >= 15 is 0 Å². The minimum atomic E-state index is -1.83. The first kappa shape index (κ1) is 21.6. The van der Waals surface area contributed by atoms with Gasteiger partial charge in [0.05, 0.1) is 11.0 Å². The second kappa shape index (κ2) is 8.47. The van der Waals surface area contributed by atoms with Crippen LogP contribution in [0.1, 0.15) is 27.3 Å². The highest BCUT2D eigenvalue weighted by molar-refractivity contribution is 5.97. The second-order valence-corrected chi connectivity index (χ2v) is 7.37. The molecule has 1 heterocycles. The zero-order valence-electron chi connectivity index (χ0n) is 17.1. The fourth-order valence-electron chi connectivity index (χ4n) is 3.72. The summed E-state index contributed by atoms with van der Waals surface area (Å²) in [4.78, 5) is 16.8. The maximum Gasteiger partial charge on any atom is 0.251 e. The highest BCUT2D eigenvalue weighted by Gasteiger charge is 2.38. The number of imidazole rings is 1. The van der Waals surface area contributed by atoms with Gasteiger partial charge >= 0.3 is 0 Å². The van der Waals surface area contributed by atoms with Gasteiger partial charge in [-0.2, -0.15) is 0 Å². The first-order valence-corrected chi connectivity index (χ1v) is 9.90. The molecule has 4 rings (SSSR count). The molecule has 2 N–H and O–H groups in total. The highest BCUT2D eigenvalue weighted by Crippen LogP contribution is 2.37. The molecule has 0 saturated heterocycles. The van der Waals surface area contributed by atoms with Crippen LogP contribution in [0.3, 0.4) is 0 Å². The Labute approximate surface area is 182 Å². The van der Waals surface area contributed by atoms with E-state index in [0.29, 0.717) is 27.7 Å². The number of carbonyl (C=O) groups is 1. The van der Waals surface area contributed by atoms with E-state index in [1.165, 1.54) is 48.5 Å². The summed E-state index contributed by atoms with van der Waals surface area (Å²) in [5.74, 6) is -1.17. The van der Waals surface area contributed by atoms with E-state index in [4.69, 9.17) is 0 Å². The fourth-order valence-corrected chi connectivity index (χ4v) is 3.72. The van der Waals surface area contributed by atoms with Gasteiger partial charge in [-0.05, 0) is 53.6 Å². The van der Waals surface area contributed by atoms with E-state index in [9.17, 15) is 23.1 Å². The van der Waals surface area contributed by atoms with Crippen LogP contribution in [0.4, 0.5) is 13.2 Å². The number of carbonyl (C=O) groups excluding carboxylic acids is 1. The van der Waals surface area contributed by atoms with E-state index in [2.05, 4.69) is 10.3 Å². The first-order chi connectivity index (χ1) is 15.3. The number of halogens is 3. The van der Waals surface area contributed by atoms with Gasteiger partial charge in [0.15, 0.2) is 11.4 Å². The third-order valence-corrected chi connectivity index (χ3v) is 5.37. The van der Waals surface area contributed by atoms with Crippen molar-refractivity contribution >= 4 is 16.9 Å². The van der Waals surface area contributed by atoms with Crippen molar-refractivity contribution in [3.8, 4) is 0 Å². The average Bonchev–Trinajstić information content (AvgIpc) is 3.14. The highest BCUT2D eigenvalue weighted by atomic mass is 19.1. The lowest BCUT2D eigenvalue weighted by Gasteiger charge is -2.29. The first-order valence-electron chi connectivity index (χ1n) is 9.90. The van der Waals surface area contributed by atoms with Gasteiger partial charge < -0.3 is 15.0 Å². The monoisotopic (exact) mass is 439 g/mol. The van der Waals surface area contributed by atoms with Crippen LogP contribution in [0.5, 0.6) is 0 Å². The Morgan fingerprint density at radius 2 is 1.56 bits per heavy atom. The van der Waals surface area contributed by atoms with Crippen molar-refractivity contribution in [3.05, 3.63) is 101 Å². The van der Waals surface area contributed by atoms with Crippen LogP contribution in [0.2, 0.25) is 0 Å². The Bertz CT molecular complexity index is 1220. The molecule has 164 valence electrons. The number of nitrogens with one attached hydrogen (secondary N) is 1. The number of amides is 1. The minimum absolute atomic E-state index is 0.0948. The number of benzene rings is 3. The largest absolute Gasteiger partial charge is 0.373 e. The maximum atomic E-state index is 13.6. The zero-order chi connectivity index (χ0) is 22.9. The lowest BCUT2D eigenvalue weighted by Crippen LogP contribution is -2.32. The number of fused-ring (bicyclic) bond motifs is 1. The van der Waals surface area contributed by atoms with Gasteiger partial charge in [-0.25, -0.2) is 18.2 Å². The van der Waals surface area contributed by atoms with Crippen molar-refractivity contribution in [2.24, 2.45) is 7.05 Å². The SMILES string of the molecule is Cn1c(C(O)(c2ccc(F)cc2)c2ccc(F)cc2)nc2ccc(C(=O)NCCF)cc21. The van der Waals surface area contributed by atoms with Crippen LogP contribution >= 0.6 is 0 Å². The molecule has 0 unspecified atom stereocenters. The number of aryl methyl sites for hydroxylation is 1. The molecule has 0 aliphatic carbocycles. The molecule has 4 aromatic rings. The molecule has 0 spiro atoms. The number of aromatic nitrogens is 2. The van der Waals surface area contributed by atoms with Gasteiger partial charge in [-0.3, -0.25) is 4.79 Å². The molecular formula is C24H20F3N3O2. The predicted molar refractivity (Wildman–Crippen MR) is 114 cm³/mol. The lowest BCUT2D eigenvalue weighted by molar-refractivity contribution is 0.0951. The summed E-state index contributed by atoms with van der Waals surface area (Å²) in [5.41, 5.74) is 0.219. The van der Waals surface area contributed by atoms with Crippen molar-refractivity contribution in [3.63, 3.8) is 0 Å². The Balaban J connectivity index is 1.90. The number of hydrogen-bond donors (Lipinski definition) is 2. The number of alkyl halides is 1. The molecular weight excluding hydrogens is 419 g/mol. The Morgan fingerprint density at radius 1 is 1.00 bits per heavy atom. The van der Waals surface area contributed by atoms with Crippen LogP contribution in [0.25, 0.3) is 11.0 Å².